The van der Waals surface area contributed by atoms with E-state index in [1.165, 1.54) is 16.7 Å². The number of benzene rings is 3. The van der Waals surface area contributed by atoms with Gasteiger partial charge in [-0.1, -0.05) is 66.7 Å². The van der Waals surface area contributed by atoms with Gasteiger partial charge in [-0.25, -0.2) is 0 Å². The van der Waals surface area contributed by atoms with E-state index in [-0.39, 0.29) is 12.0 Å². The fraction of sp³-hybridized carbons (Fsp3) is 0.182. The summed E-state index contributed by atoms with van der Waals surface area (Å²) >= 11 is 0. The predicted octanol–water partition coefficient (Wildman–Crippen LogP) is 4.96. The third-order valence-electron chi connectivity index (χ3n) is 5.14. The van der Waals surface area contributed by atoms with Crippen molar-refractivity contribution >= 4 is 0 Å². The van der Waals surface area contributed by atoms with Gasteiger partial charge in [0.2, 0.25) is 0 Å². The predicted molar refractivity (Wildman–Crippen MR) is 93.5 cm³/mol. The van der Waals surface area contributed by atoms with E-state index in [4.69, 9.17) is 9.47 Å². The summed E-state index contributed by atoms with van der Waals surface area (Å²) in [5, 5.41) is 0. The Morgan fingerprint density at radius 3 is 2.08 bits per heavy atom. The lowest BCUT2D eigenvalue weighted by Crippen LogP contribution is -2.37. The molecule has 24 heavy (non-hydrogen) atoms. The van der Waals surface area contributed by atoms with Crippen LogP contribution in [0.25, 0.3) is 0 Å². The Balaban J connectivity index is 1.70. The molecule has 0 aliphatic carbocycles. The highest BCUT2D eigenvalue weighted by Gasteiger charge is 2.43. The second-order valence-electron chi connectivity index (χ2n) is 6.48. The summed E-state index contributed by atoms with van der Waals surface area (Å²) < 4.78 is 12.5. The molecule has 3 aromatic carbocycles. The van der Waals surface area contributed by atoms with Crippen LogP contribution in [0, 0.1) is 5.92 Å². The number of ether oxygens (including phenoxy) is 2. The average Bonchev–Trinajstić information content (AvgIpc) is 2.67. The third kappa shape index (κ3) is 2.03. The van der Waals surface area contributed by atoms with E-state index in [0.717, 1.165) is 11.5 Å². The first kappa shape index (κ1) is 13.7. The van der Waals surface area contributed by atoms with Crippen molar-refractivity contribution in [2.75, 3.05) is 6.61 Å². The van der Waals surface area contributed by atoms with Gasteiger partial charge in [0.1, 0.15) is 17.6 Å². The fourth-order valence-electron chi connectivity index (χ4n) is 4.07. The molecule has 0 N–H and O–H groups in total. The molecule has 0 radical (unpaired) electrons. The van der Waals surface area contributed by atoms with Crippen LogP contribution in [0.15, 0.2) is 78.9 Å². The summed E-state index contributed by atoms with van der Waals surface area (Å²) in [5.41, 5.74) is 3.75. The van der Waals surface area contributed by atoms with Gasteiger partial charge in [0.15, 0.2) is 0 Å². The van der Waals surface area contributed by atoms with Crippen molar-refractivity contribution < 1.29 is 9.47 Å². The van der Waals surface area contributed by atoms with Crippen LogP contribution in [-0.4, -0.2) is 6.61 Å². The van der Waals surface area contributed by atoms with Gasteiger partial charge in [0.05, 0.1) is 6.61 Å². The first-order chi connectivity index (χ1) is 11.9. The zero-order valence-corrected chi connectivity index (χ0v) is 13.3. The van der Waals surface area contributed by atoms with Crippen LogP contribution in [0.2, 0.25) is 0 Å². The Labute approximate surface area is 141 Å². The molecule has 0 saturated carbocycles. The molecule has 0 fully saturated rings. The van der Waals surface area contributed by atoms with Crippen molar-refractivity contribution in [3.8, 4) is 11.5 Å². The summed E-state index contributed by atoms with van der Waals surface area (Å²) in [5.74, 6) is 2.58. The summed E-state index contributed by atoms with van der Waals surface area (Å²) in [6.45, 7) is 0.676. The highest BCUT2D eigenvalue weighted by Crippen LogP contribution is 2.52. The van der Waals surface area contributed by atoms with Crippen LogP contribution in [0.1, 0.15) is 28.7 Å². The van der Waals surface area contributed by atoms with Crippen LogP contribution >= 0.6 is 0 Å². The van der Waals surface area contributed by atoms with Gasteiger partial charge in [-0.2, -0.15) is 0 Å². The molecule has 3 atom stereocenters. The van der Waals surface area contributed by atoms with Crippen LogP contribution in [-0.2, 0) is 0 Å². The van der Waals surface area contributed by atoms with Gasteiger partial charge in [-0.15, -0.1) is 0 Å². The summed E-state index contributed by atoms with van der Waals surface area (Å²) in [6, 6.07) is 27.3. The molecule has 2 heterocycles. The molecule has 2 aliphatic rings. The minimum absolute atomic E-state index is 0.0134. The maximum Gasteiger partial charge on any atom is 0.131 e. The minimum Gasteiger partial charge on any atom is -0.493 e. The van der Waals surface area contributed by atoms with Crippen molar-refractivity contribution in [3.05, 3.63) is 95.6 Å². The van der Waals surface area contributed by atoms with E-state index in [1.807, 2.05) is 18.2 Å². The van der Waals surface area contributed by atoms with Gasteiger partial charge < -0.3 is 9.47 Å². The number of para-hydroxylation sites is 2. The van der Waals surface area contributed by atoms with Crippen molar-refractivity contribution in [1.29, 1.82) is 0 Å². The molecule has 3 aromatic rings. The number of rotatable bonds is 1. The maximum atomic E-state index is 6.42. The monoisotopic (exact) mass is 314 g/mol. The second-order valence-corrected chi connectivity index (χ2v) is 6.48. The Kier molecular flexibility index (Phi) is 3.08. The SMILES string of the molecule is c1ccc([C@@H]2Oc3ccccc3[C@@H]3c4ccccc4OC[C@H]32)cc1. The van der Waals surface area contributed by atoms with Crippen molar-refractivity contribution in [3.63, 3.8) is 0 Å². The molecule has 118 valence electrons. The topological polar surface area (TPSA) is 18.5 Å². The second kappa shape index (κ2) is 5.41. The van der Waals surface area contributed by atoms with Crippen molar-refractivity contribution in [1.82, 2.24) is 0 Å². The fourth-order valence-corrected chi connectivity index (χ4v) is 4.07. The molecule has 0 saturated heterocycles. The van der Waals surface area contributed by atoms with Crippen LogP contribution in [0.3, 0.4) is 0 Å². The molecular formula is C22H18O2. The van der Waals surface area contributed by atoms with Gasteiger partial charge in [-0.05, 0) is 17.7 Å². The quantitative estimate of drug-likeness (QED) is 0.632. The molecule has 0 aromatic heterocycles. The van der Waals surface area contributed by atoms with Crippen LogP contribution in [0.5, 0.6) is 11.5 Å². The molecule has 2 heteroatoms. The van der Waals surface area contributed by atoms with Crippen molar-refractivity contribution in [2.45, 2.75) is 12.0 Å². The highest BCUT2D eigenvalue weighted by molar-refractivity contribution is 5.51. The standard InChI is InChI=1S/C22H18O2/c1-2-8-15(9-3-1)22-18-14-23-19-12-6-4-10-16(19)21(18)17-11-5-7-13-20(17)24-22/h1-13,18,21-22H,14H2/t18-,21+,22+/m1/s1. The number of hydrogen-bond acceptors (Lipinski definition) is 2. The van der Waals surface area contributed by atoms with Gasteiger partial charge in [-0.3, -0.25) is 0 Å². The maximum absolute atomic E-state index is 6.42. The molecular weight excluding hydrogens is 296 g/mol. The lowest BCUT2D eigenvalue weighted by atomic mass is 9.73. The largest absolute Gasteiger partial charge is 0.493 e. The Bertz CT molecular complexity index is 872. The van der Waals surface area contributed by atoms with E-state index in [0.29, 0.717) is 12.5 Å². The zero-order valence-electron chi connectivity index (χ0n) is 13.3. The smallest absolute Gasteiger partial charge is 0.131 e. The first-order valence-electron chi connectivity index (χ1n) is 8.44. The van der Waals surface area contributed by atoms with E-state index in [2.05, 4.69) is 60.7 Å². The molecule has 5 rings (SSSR count). The molecule has 0 unspecified atom stereocenters. The molecule has 2 aliphatic heterocycles. The number of hydrogen-bond donors (Lipinski definition) is 0. The van der Waals surface area contributed by atoms with Crippen LogP contribution in [0.4, 0.5) is 0 Å². The third-order valence-corrected chi connectivity index (χ3v) is 5.14. The van der Waals surface area contributed by atoms with Gasteiger partial charge in [0.25, 0.3) is 0 Å². The van der Waals surface area contributed by atoms with Crippen molar-refractivity contribution in [2.24, 2.45) is 5.92 Å². The zero-order chi connectivity index (χ0) is 15.9. The molecule has 0 amide bonds. The van der Waals surface area contributed by atoms with Gasteiger partial charge in [0, 0.05) is 23.0 Å². The lowest BCUT2D eigenvalue weighted by Gasteiger charge is -2.43. The first-order valence-corrected chi connectivity index (χ1v) is 8.44. The Morgan fingerprint density at radius 1 is 0.667 bits per heavy atom. The van der Waals surface area contributed by atoms with Crippen LogP contribution < -0.4 is 9.47 Å². The molecule has 0 bridgehead atoms. The highest BCUT2D eigenvalue weighted by atomic mass is 16.5. The summed E-state index contributed by atoms with van der Waals surface area (Å²) in [4.78, 5) is 0. The number of fused-ring (bicyclic) bond motifs is 5. The van der Waals surface area contributed by atoms with E-state index >= 15 is 0 Å². The average molecular weight is 314 g/mol. The summed E-state index contributed by atoms with van der Waals surface area (Å²) in [7, 11) is 0. The Morgan fingerprint density at radius 2 is 1.29 bits per heavy atom. The minimum atomic E-state index is 0.0134. The van der Waals surface area contributed by atoms with E-state index in [1.54, 1.807) is 0 Å². The molecule has 0 spiro atoms. The molecule has 2 nitrogen and oxygen atoms in total. The van der Waals surface area contributed by atoms with E-state index < -0.39 is 0 Å². The lowest BCUT2D eigenvalue weighted by molar-refractivity contribution is 0.0532. The normalized spacial score (nSPS) is 23.9. The summed E-state index contributed by atoms with van der Waals surface area (Å²) in [6.07, 6.45) is 0.0134. The van der Waals surface area contributed by atoms with Gasteiger partial charge >= 0.3 is 0 Å². The van der Waals surface area contributed by atoms with E-state index in [9.17, 15) is 0 Å². The Hall–Kier alpha value is -2.74.